The van der Waals surface area contributed by atoms with Crippen LogP contribution in [-0.2, 0) is 4.79 Å². The van der Waals surface area contributed by atoms with Crippen LogP contribution in [0.2, 0.25) is 0 Å². The van der Waals surface area contributed by atoms with Crippen LogP contribution in [0.3, 0.4) is 0 Å². The van der Waals surface area contributed by atoms with E-state index in [1.54, 1.807) is 0 Å². The molecular formula is C30H33N5O. The zero-order valence-electron chi connectivity index (χ0n) is 21.0. The maximum Gasteiger partial charge on any atom is 0.237 e. The number of hydrogen-bond donors (Lipinski definition) is 1. The van der Waals surface area contributed by atoms with Crippen molar-refractivity contribution in [3.63, 3.8) is 0 Å². The van der Waals surface area contributed by atoms with Crippen molar-refractivity contribution in [2.24, 2.45) is 0 Å². The summed E-state index contributed by atoms with van der Waals surface area (Å²) in [6.07, 6.45) is 5.22. The van der Waals surface area contributed by atoms with Crippen molar-refractivity contribution in [3.8, 4) is 0 Å². The Bertz CT molecular complexity index is 1430. The minimum absolute atomic E-state index is 0.222. The standard InChI is InChI=1S/C30H33N5O/c1-21-18-34(29-12-11-24-7-3-5-9-27(24)32-29)19-22(2)35(21)20-30(36)33-15-13-23(14-16-33)26-17-31-28-10-6-4-8-25(26)28/h3-13,17,21-22,31H,14-16,18-20H2,1-2H3/t21-,22+. The molecule has 0 bridgehead atoms. The number of rotatable bonds is 4. The number of H-pyrrole nitrogens is 1. The fourth-order valence-corrected chi connectivity index (χ4v) is 5.82. The first-order chi connectivity index (χ1) is 17.6. The molecule has 6 heteroatoms. The number of benzene rings is 2. The molecule has 1 N–H and O–H groups in total. The first-order valence-corrected chi connectivity index (χ1v) is 13.0. The lowest BCUT2D eigenvalue weighted by atomic mass is 9.99. The molecule has 0 aliphatic carbocycles. The van der Waals surface area contributed by atoms with Crippen LogP contribution in [0.1, 0.15) is 25.8 Å². The van der Waals surface area contributed by atoms with E-state index in [1.165, 1.54) is 16.5 Å². The minimum atomic E-state index is 0.222. The lowest BCUT2D eigenvalue weighted by molar-refractivity contribution is -0.133. The van der Waals surface area contributed by atoms with Gasteiger partial charge in [-0.05, 0) is 50.1 Å². The highest BCUT2D eigenvalue weighted by Gasteiger charge is 2.32. The van der Waals surface area contributed by atoms with E-state index in [4.69, 9.17) is 4.98 Å². The molecule has 2 aliphatic rings. The molecule has 2 aromatic carbocycles. The van der Waals surface area contributed by atoms with E-state index in [1.807, 2.05) is 17.0 Å². The Morgan fingerprint density at radius 2 is 1.78 bits per heavy atom. The number of pyridine rings is 1. The second-order valence-corrected chi connectivity index (χ2v) is 10.2. The van der Waals surface area contributed by atoms with Gasteiger partial charge in [-0.25, -0.2) is 4.98 Å². The molecule has 2 aliphatic heterocycles. The van der Waals surface area contributed by atoms with Gasteiger partial charge in [-0.2, -0.15) is 0 Å². The smallest absolute Gasteiger partial charge is 0.237 e. The molecule has 36 heavy (non-hydrogen) atoms. The molecule has 0 radical (unpaired) electrons. The van der Waals surface area contributed by atoms with Gasteiger partial charge in [0, 0.05) is 66.3 Å². The predicted octanol–water partition coefficient (Wildman–Crippen LogP) is 4.93. The summed E-state index contributed by atoms with van der Waals surface area (Å²) in [5.41, 5.74) is 4.78. The lowest BCUT2D eigenvalue weighted by Crippen LogP contribution is -2.59. The fraction of sp³-hybridized carbons (Fsp3) is 0.333. The van der Waals surface area contributed by atoms with Crippen molar-refractivity contribution in [2.45, 2.75) is 32.4 Å². The van der Waals surface area contributed by atoms with E-state index in [-0.39, 0.29) is 18.0 Å². The van der Waals surface area contributed by atoms with Crippen LogP contribution in [0.15, 0.2) is 72.9 Å². The number of nitrogens with zero attached hydrogens (tertiary/aromatic N) is 4. The number of para-hydroxylation sites is 2. The quantitative estimate of drug-likeness (QED) is 0.451. The van der Waals surface area contributed by atoms with Crippen LogP contribution in [-0.4, -0.2) is 70.5 Å². The molecule has 0 spiro atoms. The number of amides is 1. The summed E-state index contributed by atoms with van der Waals surface area (Å²) in [6, 6.07) is 21.5. The summed E-state index contributed by atoms with van der Waals surface area (Å²) in [7, 11) is 0. The largest absolute Gasteiger partial charge is 0.361 e. The molecule has 4 aromatic rings. The molecule has 2 atom stereocenters. The summed E-state index contributed by atoms with van der Waals surface area (Å²) < 4.78 is 0. The van der Waals surface area contributed by atoms with Crippen molar-refractivity contribution >= 4 is 39.1 Å². The Labute approximate surface area is 212 Å². The van der Waals surface area contributed by atoms with E-state index in [9.17, 15) is 4.79 Å². The van der Waals surface area contributed by atoms with E-state index >= 15 is 0 Å². The molecule has 0 saturated carbocycles. The average Bonchev–Trinajstić information content (AvgIpc) is 3.34. The van der Waals surface area contributed by atoms with Gasteiger partial charge in [0.05, 0.1) is 12.1 Å². The minimum Gasteiger partial charge on any atom is -0.361 e. The van der Waals surface area contributed by atoms with Gasteiger partial charge in [-0.1, -0.05) is 42.5 Å². The number of hydrogen-bond acceptors (Lipinski definition) is 4. The summed E-state index contributed by atoms with van der Waals surface area (Å²) in [6.45, 7) is 8.11. The highest BCUT2D eigenvalue weighted by atomic mass is 16.2. The number of nitrogens with one attached hydrogen (secondary N) is 1. The van der Waals surface area contributed by atoms with E-state index in [0.29, 0.717) is 13.1 Å². The molecule has 1 fully saturated rings. The highest BCUT2D eigenvalue weighted by molar-refractivity contribution is 5.93. The van der Waals surface area contributed by atoms with Crippen LogP contribution in [0.4, 0.5) is 5.82 Å². The van der Waals surface area contributed by atoms with Gasteiger partial charge in [0.15, 0.2) is 0 Å². The third-order valence-corrected chi connectivity index (χ3v) is 7.82. The SMILES string of the molecule is C[C@@H]1CN(c2ccc3ccccc3n2)C[C@H](C)N1CC(=O)N1CC=C(c2c[nH]c3ccccc23)CC1. The average molecular weight is 480 g/mol. The van der Waals surface area contributed by atoms with Gasteiger partial charge < -0.3 is 14.8 Å². The second kappa shape index (κ2) is 9.43. The monoisotopic (exact) mass is 479 g/mol. The third kappa shape index (κ3) is 4.26. The summed E-state index contributed by atoms with van der Waals surface area (Å²) in [5, 5.41) is 2.42. The molecule has 0 unspecified atom stereocenters. The van der Waals surface area contributed by atoms with Crippen molar-refractivity contribution in [1.29, 1.82) is 0 Å². The Morgan fingerprint density at radius 1 is 1.00 bits per heavy atom. The predicted molar refractivity (Wildman–Crippen MR) is 147 cm³/mol. The first kappa shape index (κ1) is 22.8. The molecule has 184 valence electrons. The van der Waals surface area contributed by atoms with Gasteiger partial charge in [0.2, 0.25) is 5.91 Å². The summed E-state index contributed by atoms with van der Waals surface area (Å²) in [4.78, 5) is 28.3. The van der Waals surface area contributed by atoms with E-state index < -0.39 is 0 Å². The molecule has 1 saturated heterocycles. The lowest BCUT2D eigenvalue weighted by Gasteiger charge is -2.45. The van der Waals surface area contributed by atoms with Gasteiger partial charge in [-0.15, -0.1) is 0 Å². The van der Waals surface area contributed by atoms with Crippen molar-refractivity contribution in [3.05, 3.63) is 78.5 Å². The molecular weight excluding hydrogens is 446 g/mol. The Hall–Kier alpha value is -3.64. The molecule has 1 amide bonds. The van der Waals surface area contributed by atoms with Gasteiger partial charge in [0.1, 0.15) is 5.82 Å². The molecule has 6 nitrogen and oxygen atoms in total. The van der Waals surface area contributed by atoms with Crippen LogP contribution >= 0.6 is 0 Å². The van der Waals surface area contributed by atoms with E-state index in [0.717, 1.165) is 48.3 Å². The normalized spacial score (nSPS) is 21.2. The maximum atomic E-state index is 13.3. The Kier molecular flexibility index (Phi) is 5.97. The fourth-order valence-electron chi connectivity index (χ4n) is 5.82. The number of carbonyl (C=O) groups excluding carboxylic acids is 1. The summed E-state index contributed by atoms with van der Waals surface area (Å²) >= 11 is 0. The number of aromatic nitrogens is 2. The van der Waals surface area contributed by atoms with Crippen LogP contribution in [0, 0.1) is 0 Å². The van der Waals surface area contributed by atoms with Gasteiger partial charge in [0.25, 0.3) is 0 Å². The second-order valence-electron chi connectivity index (χ2n) is 10.2. The Morgan fingerprint density at radius 3 is 2.58 bits per heavy atom. The van der Waals surface area contributed by atoms with Gasteiger partial charge >= 0.3 is 0 Å². The van der Waals surface area contributed by atoms with Crippen LogP contribution < -0.4 is 4.90 Å². The zero-order valence-corrected chi connectivity index (χ0v) is 21.0. The van der Waals surface area contributed by atoms with Gasteiger partial charge in [-0.3, -0.25) is 9.69 Å². The van der Waals surface area contributed by atoms with Crippen molar-refractivity contribution in [2.75, 3.05) is 37.6 Å². The maximum absolute atomic E-state index is 13.3. The number of aromatic amines is 1. The Balaban J connectivity index is 1.10. The van der Waals surface area contributed by atoms with Crippen LogP contribution in [0.25, 0.3) is 27.4 Å². The number of piperazine rings is 1. The van der Waals surface area contributed by atoms with Crippen molar-refractivity contribution < 1.29 is 4.79 Å². The van der Waals surface area contributed by atoms with E-state index in [2.05, 4.69) is 89.4 Å². The number of anilines is 1. The first-order valence-electron chi connectivity index (χ1n) is 13.0. The number of fused-ring (bicyclic) bond motifs is 2. The zero-order chi connectivity index (χ0) is 24.6. The third-order valence-electron chi connectivity index (χ3n) is 7.82. The molecule has 6 rings (SSSR count). The summed E-state index contributed by atoms with van der Waals surface area (Å²) in [5.74, 6) is 1.24. The van der Waals surface area contributed by atoms with Crippen LogP contribution in [0.5, 0.6) is 0 Å². The topological polar surface area (TPSA) is 55.5 Å². The molecule has 4 heterocycles. The van der Waals surface area contributed by atoms with Crippen molar-refractivity contribution in [1.82, 2.24) is 19.8 Å². The highest BCUT2D eigenvalue weighted by Crippen LogP contribution is 2.29. The number of carbonyl (C=O) groups is 1. The molecule has 2 aromatic heterocycles.